The van der Waals surface area contributed by atoms with Crippen LogP contribution >= 0.6 is 0 Å². The molecule has 1 fully saturated rings. The molecule has 0 aromatic heterocycles. The number of carbonyl (C=O) groups excluding carboxylic acids is 1. The fourth-order valence-corrected chi connectivity index (χ4v) is 2.44. The molecule has 1 aliphatic carbocycles. The van der Waals surface area contributed by atoms with Crippen LogP contribution in [0.25, 0.3) is 0 Å². The van der Waals surface area contributed by atoms with Crippen molar-refractivity contribution < 1.29 is 14.3 Å². The van der Waals surface area contributed by atoms with Crippen LogP contribution in [0.4, 0.5) is 0 Å². The Morgan fingerprint density at radius 3 is 2.28 bits per heavy atom. The van der Waals surface area contributed by atoms with Crippen molar-refractivity contribution in [2.75, 3.05) is 7.11 Å². The Morgan fingerprint density at radius 2 is 1.83 bits per heavy atom. The molecule has 0 radical (unpaired) electrons. The number of esters is 1. The molecule has 1 rings (SSSR count). The van der Waals surface area contributed by atoms with E-state index in [1.54, 1.807) is 7.11 Å². The van der Waals surface area contributed by atoms with Crippen LogP contribution in [0.3, 0.4) is 0 Å². The summed E-state index contributed by atoms with van der Waals surface area (Å²) in [4.78, 5) is 11.8. The lowest BCUT2D eigenvalue weighted by atomic mass is 9.83. The summed E-state index contributed by atoms with van der Waals surface area (Å²) in [5.74, 6) is 0.246. The van der Waals surface area contributed by atoms with Crippen LogP contribution in [0.2, 0.25) is 0 Å². The monoisotopic (exact) mass is 257 g/mol. The lowest BCUT2D eigenvalue weighted by Gasteiger charge is -2.29. The lowest BCUT2D eigenvalue weighted by molar-refractivity contribution is -0.157. The first kappa shape index (κ1) is 15.4. The number of rotatable bonds is 4. The first-order valence-electron chi connectivity index (χ1n) is 6.83. The second-order valence-corrected chi connectivity index (χ2v) is 6.25. The zero-order chi connectivity index (χ0) is 13.8. The molecule has 0 bridgehead atoms. The van der Waals surface area contributed by atoms with Gasteiger partial charge >= 0.3 is 5.97 Å². The molecule has 0 heterocycles. The fraction of sp³-hybridized carbons (Fsp3) is 0.929. The van der Waals surface area contributed by atoms with Crippen LogP contribution < -0.4 is 5.73 Å². The highest BCUT2D eigenvalue weighted by atomic mass is 16.6. The Kier molecular flexibility index (Phi) is 5.60. The maximum atomic E-state index is 11.8. The highest BCUT2D eigenvalue weighted by molar-refractivity contribution is 5.75. The molecule has 18 heavy (non-hydrogen) atoms. The van der Waals surface area contributed by atoms with Crippen molar-refractivity contribution in [1.82, 2.24) is 0 Å². The highest BCUT2D eigenvalue weighted by Gasteiger charge is 2.27. The van der Waals surface area contributed by atoms with Gasteiger partial charge in [-0.3, -0.25) is 4.79 Å². The summed E-state index contributed by atoms with van der Waals surface area (Å²) in [5.41, 5.74) is 5.46. The minimum atomic E-state index is -0.492. The minimum Gasteiger partial charge on any atom is -0.459 e. The second-order valence-electron chi connectivity index (χ2n) is 6.25. The van der Waals surface area contributed by atoms with E-state index < -0.39 is 11.6 Å². The molecule has 1 aliphatic rings. The van der Waals surface area contributed by atoms with Crippen molar-refractivity contribution in [2.24, 2.45) is 11.7 Å². The summed E-state index contributed by atoms with van der Waals surface area (Å²) in [6, 6.07) is -0.492. The topological polar surface area (TPSA) is 61.5 Å². The van der Waals surface area contributed by atoms with Crippen LogP contribution in [0, 0.1) is 5.92 Å². The number of methoxy groups -OCH3 is 1. The van der Waals surface area contributed by atoms with Gasteiger partial charge < -0.3 is 15.2 Å². The van der Waals surface area contributed by atoms with Gasteiger partial charge in [-0.2, -0.15) is 0 Å². The van der Waals surface area contributed by atoms with Crippen molar-refractivity contribution in [3.8, 4) is 0 Å². The second kappa shape index (κ2) is 6.53. The number of ether oxygens (including phenoxy) is 2. The van der Waals surface area contributed by atoms with Crippen molar-refractivity contribution in [1.29, 1.82) is 0 Å². The number of hydrogen-bond acceptors (Lipinski definition) is 4. The number of carbonyl (C=O) groups is 1. The molecule has 0 aromatic carbocycles. The third-order valence-electron chi connectivity index (χ3n) is 3.42. The molecule has 0 amide bonds. The van der Waals surface area contributed by atoms with E-state index in [1.165, 1.54) is 0 Å². The molecule has 4 nitrogen and oxygen atoms in total. The molecule has 0 aromatic rings. The third kappa shape index (κ3) is 5.36. The average molecular weight is 257 g/mol. The van der Waals surface area contributed by atoms with Gasteiger partial charge in [-0.15, -0.1) is 0 Å². The van der Waals surface area contributed by atoms with Crippen LogP contribution in [0.5, 0.6) is 0 Å². The molecule has 0 spiro atoms. The zero-order valence-electron chi connectivity index (χ0n) is 12.1. The summed E-state index contributed by atoms with van der Waals surface area (Å²) in [6.07, 6.45) is 5.44. The molecular weight excluding hydrogens is 230 g/mol. The van der Waals surface area contributed by atoms with Gasteiger partial charge in [0.15, 0.2) is 0 Å². The van der Waals surface area contributed by atoms with Gasteiger partial charge in [0, 0.05) is 7.11 Å². The van der Waals surface area contributed by atoms with E-state index in [0.29, 0.717) is 12.0 Å². The van der Waals surface area contributed by atoms with Gasteiger partial charge in [-0.1, -0.05) is 0 Å². The van der Waals surface area contributed by atoms with E-state index in [-0.39, 0.29) is 5.97 Å². The van der Waals surface area contributed by atoms with Crippen molar-refractivity contribution in [3.05, 3.63) is 0 Å². The minimum absolute atomic E-state index is 0.281. The van der Waals surface area contributed by atoms with Gasteiger partial charge in [-0.05, 0) is 58.8 Å². The van der Waals surface area contributed by atoms with Crippen LogP contribution in [0.15, 0.2) is 0 Å². The summed E-state index contributed by atoms with van der Waals surface area (Å²) in [5, 5.41) is 0. The molecule has 1 saturated carbocycles. The fourth-order valence-electron chi connectivity index (χ4n) is 2.44. The molecule has 0 unspecified atom stereocenters. The van der Waals surface area contributed by atoms with E-state index in [4.69, 9.17) is 15.2 Å². The standard InChI is InChI=1S/C14H27NO3/c1-14(2,3)18-13(16)12(15)9-10-5-7-11(17-4)8-6-10/h10-12H,5-9,15H2,1-4H3/t10-,11-,12-/m0/s1. The number of hydrogen-bond donors (Lipinski definition) is 1. The quantitative estimate of drug-likeness (QED) is 0.785. The van der Waals surface area contributed by atoms with E-state index in [9.17, 15) is 4.79 Å². The zero-order valence-corrected chi connectivity index (χ0v) is 12.1. The van der Waals surface area contributed by atoms with E-state index in [2.05, 4.69) is 0 Å². The maximum Gasteiger partial charge on any atom is 0.323 e. The van der Waals surface area contributed by atoms with E-state index in [1.807, 2.05) is 20.8 Å². The molecular formula is C14H27NO3. The van der Waals surface area contributed by atoms with Crippen LogP contribution in [0.1, 0.15) is 52.9 Å². The first-order valence-corrected chi connectivity index (χ1v) is 6.83. The van der Waals surface area contributed by atoms with Crippen molar-refractivity contribution in [3.63, 3.8) is 0 Å². The summed E-state index contributed by atoms with van der Waals surface area (Å²) < 4.78 is 10.6. The third-order valence-corrected chi connectivity index (χ3v) is 3.42. The van der Waals surface area contributed by atoms with Gasteiger partial charge in [0.25, 0.3) is 0 Å². The Labute approximate surface area is 110 Å². The molecule has 4 heteroatoms. The van der Waals surface area contributed by atoms with Crippen LogP contribution in [-0.2, 0) is 14.3 Å². The predicted molar refractivity (Wildman–Crippen MR) is 71.2 cm³/mol. The molecule has 1 atom stereocenters. The van der Waals surface area contributed by atoms with Gasteiger partial charge in [0.05, 0.1) is 6.10 Å². The van der Waals surface area contributed by atoms with Crippen molar-refractivity contribution in [2.45, 2.75) is 70.6 Å². The Morgan fingerprint density at radius 1 is 1.28 bits per heavy atom. The van der Waals surface area contributed by atoms with Gasteiger partial charge in [0.1, 0.15) is 11.6 Å². The normalized spacial score (nSPS) is 26.7. The predicted octanol–water partition coefficient (Wildman–Crippen LogP) is 2.25. The molecule has 0 aliphatic heterocycles. The Hall–Kier alpha value is -0.610. The summed E-state index contributed by atoms with van der Waals surface area (Å²) >= 11 is 0. The summed E-state index contributed by atoms with van der Waals surface area (Å²) in [7, 11) is 1.76. The largest absolute Gasteiger partial charge is 0.459 e. The van der Waals surface area contributed by atoms with E-state index >= 15 is 0 Å². The SMILES string of the molecule is CO[C@H]1CC[C@H](C[C@H](N)C(=O)OC(C)(C)C)CC1. The molecule has 2 N–H and O–H groups in total. The molecule has 106 valence electrons. The molecule has 0 saturated heterocycles. The van der Waals surface area contributed by atoms with Gasteiger partial charge in [-0.25, -0.2) is 0 Å². The van der Waals surface area contributed by atoms with E-state index in [0.717, 1.165) is 32.1 Å². The Bertz CT molecular complexity index is 265. The number of nitrogens with two attached hydrogens (primary N) is 1. The lowest BCUT2D eigenvalue weighted by Crippen LogP contribution is -2.39. The highest BCUT2D eigenvalue weighted by Crippen LogP contribution is 2.29. The first-order chi connectivity index (χ1) is 8.31. The van der Waals surface area contributed by atoms with Gasteiger partial charge in [0.2, 0.25) is 0 Å². The Balaban J connectivity index is 2.32. The van der Waals surface area contributed by atoms with Crippen LogP contribution in [-0.4, -0.2) is 30.8 Å². The van der Waals surface area contributed by atoms with Crippen molar-refractivity contribution >= 4 is 5.97 Å². The average Bonchev–Trinajstić information content (AvgIpc) is 2.27. The smallest absolute Gasteiger partial charge is 0.323 e. The summed E-state index contributed by atoms with van der Waals surface area (Å²) in [6.45, 7) is 5.59. The maximum absolute atomic E-state index is 11.8.